The summed E-state index contributed by atoms with van der Waals surface area (Å²) < 4.78 is 10.4. The fourth-order valence-electron chi connectivity index (χ4n) is 1.74. The molecule has 0 saturated heterocycles. The third kappa shape index (κ3) is 5.92. The van der Waals surface area contributed by atoms with E-state index < -0.39 is 5.54 Å². The van der Waals surface area contributed by atoms with Crippen LogP contribution in [0.3, 0.4) is 0 Å². The molecule has 21 heavy (non-hydrogen) atoms. The predicted octanol–water partition coefficient (Wildman–Crippen LogP) is 2.90. The summed E-state index contributed by atoms with van der Waals surface area (Å²) >= 11 is 3.08. The van der Waals surface area contributed by atoms with Gasteiger partial charge in [-0.25, -0.2) is 4.98 Å². The standard InChI is InChI=1S/C14H25N3O2S2/c1-5-9-15-14(4,12(18)19-7-3)8-10-20-13-16-11(6-2)17-21-13/h15H,5-10H2,1-4H3. The third-order valence-electron chi connectivity index (χ3n) is 3.08. The summed E-state index contributed by atoms with van der Waals surface area (Å²) in [7, 11) is 0. The lowest BCUT2D eigenvalue weighted by Crippen LogP contribution is -2.51. The van der Waals surface area contributed by atoms with E-state index in [1.54, 1.807) is 11.8 Å². The normalized spacial score (nSPS) is 13.9. The Labute approximate surface area is 135 Å². The van der Waals surface area contributed by atoms with E-state index in [1.807, 2.05) is 20.8 Å². The molecule has 0 radical (unpaired) electrons. The van der Waals surface area contributed by atoms with Crippen molar-refractivity contribution in [2.45, 2.75) is 56.8 Å². The van der Waals surface area contributed by atoms with Gasteiger partial charge in [0, 0.05) is 12.2 Å². The molecule has 120 valence electrons. The highest BCUT2D eigenvalue weighted by atomic mass is 32.2. The van der Waals surface area contributed by atoms with Crippen LogP contribution in [0.15, 0.2) is 4.34 Å². The summed E-state index contributed by atoms with van der Waals surface area (Å²) in [5, 5.41) is 3.31. The molecule has 1 N–H and O–H groups in total. The Kier molecular flexibility index (Phi) is 8.21. The van der Waals surface area contributed by atoms with Crippen LogP contribution in [-0.2, 0) is 16.0 Å². The van der Waals surface area contributed by atoms with Gasteiger partial charge in [0.15, 0.2) is 4.34 Å². The Hall–Kier alpha value is -0.660. The number of nitrogens with zero attached hydrogens (tertiary/aromatic N) is 2. The van der Waals surface area contributed by atoms with Crippen LogP contribution in [0.25, 0.3) is 0 Å². The largest absolute Gasteiger partial charge is 0.465 e. The molecule has 0 aliphatic carbocycles. The summed E-state index contributed by atoms with van der Waals surface area (Å²) in [5.41, 5.74) is -0.628. The molecule has 1 aromatic heterocycles. The van der Waals surface area contributed by atoms with Crippen molar-refractivity contribution in [1.29, 1.82) is 0 Å². The lowest BCUT2D eigenvalue weighted by molar-refractivity contribution is -0.150. The molecule has 0 aromatic carbocycles. The third-order valence-corrected chi connectivity index (χ3v) is 4.96. The Balaban J connectivity index is 2.53. The van der Waals surface area contributed by atoms with Crippen LogP contribution in [0.2, 0.25) is 0 Å². The Morgan fingerprint density at radius 2 is 2.19 bits per heavy atom. The van der Waals surface area contributed by atoms with Gasteiger partial charge in [-0.1, -0.05) is 25.6 Å². The van der Waals surface area contributed by atoms with Gasteiger partial charge >= 0.3 is 5.97 Å². The number of hydrogen-bond donors (Lipinski definition) is 1. The molecule has 1 unspecified atom stereocenters. The van der Waals surface area contributed by atoms with E-state index in [0.29, 0.717) is 13.0 Å². The van der Waals surface area contributed by atoms with E-state index in [0.717, 1.165) is 35.3 Å². The molecule has 0 aliphatic rings. The zero-order chi connectivity index (χ0) is 15.7. The first-order valence-electron chi connectivity index (χ1n) is 7.43. The van der Waals surface area contributed by atoms with Crippen molar-refractivity contribution in [1.82, 2.24) is 14.7 Å². The van der Waals surface area contributed by atoms with Gasteiger partial charge in [0.05, 0.1) is 6.61 Å². The van der Waals surface area contributed by atoms with Crippen molar-refractivity contribution in [3.05, 3.63) is 5.82 Å². The first-order chi connectivity index (χ1) is 10.1. The first kappa shape index (κ1) is 18.4. The van der Waals surface area contributed by atoms with Crippen LogP contribution in [-0.4, -0.2) is 39.8 Å². The van der Waals surface area contributed by atoms with E-state index in [1.165, 1.54) is 11.5 Å². The summed E-state index contributed by atoms with van der Waals surface area (Å²) in [4.78, 5) is 16.6. The quantitative estimate of drug-likeness (QED) is 0.525. The highest BCUT2D eigenvalue weighted by Gasteiger charge is 2.33. The maximum atomic E-state index is 12.1. The molecule has 0 amide bonds. The van der Waals surface area contributed by atoms with Crippen LogP contribution in [0.1, 0.15) is 46.4 Å². The van der Waals surface area contributed by atoms with E-state index in [9.17, 15) is 4.79 Å². The SMILES string of the molecule is CCCNC(C)(CCSc1nc(CC)ns1)C(=O)OCC. The maximum Gasteiger partial charge on any atom is 0.326 e. The second kappa shape index (κ2) is 9.38. The van der Waals surface area contributed by atoms with Crippen LogP contribution < -0.4 is 5.32 Å². The topological polar surface area (TPSA) is 64.1 Å². The summed E-state index contributed by atoms with van der Waals surface area (Å²) in [5.74, 6) is 1.52. The number of aromatic nitrogens is 2. The number of aryl methyl sites for hydroxylation is 1. The summed E-state index contributed by atoms with van der Waals surface area (Å²) in [6, 6.07) is 0. The summed E-state index contributed by atoms with van der Waals surface area (Å²) in [6.07, 6.45) is 2.55. The van der Waals surface area contributed by atoms with E-state index in [-0.39, 0.29) is 5.97 Å². The molecular weight excluding hydrogens is 306 g/mol. The minimum Gasteiger partial charge on any atom is -0.465 e. The lowest BCUT2D eigenvalue weighted by Gasteiger charge is -2.28. The second-order valence-electron chi connectivity index (χ2n) is 4.91. The number of thioether (sulfide) groups is 1. The molecule has 1 rings (SSSR count). The fraction of sp³-hybridized carbons (Fsp3) is 0.786. The van der Waals surface area contributed by atoms with Gasteiger partial charge in [0.1, 0.15) is 11.4 Å². The average Bonchev–Trinajstić information content (AvgIpc) is 2.93. The molecule has 0 fully saturated rings. The number of hydrogen-bond acceptors (Lipinski definition) is 7. The highest BCUT2D eigenvalue weighted by molar-refractivity contribution is 8.00. The number of esters is 1. The number of ether oxygens (including phenoxy) is 1. The molecule has 1 aromatic rings. The van der Waals surface area contributed by atoms with Crippen LogP contribution in [0, 0.1) is 0 Å². The van der Waals surface area contributed by atoms with Gasteiger partial charge in [-0.3, -0.25) is 4.79 Å². The van der Waals surface area contributed by atoms with Crippen molar-refractivity contribution in [2.24, 2.45) is 0 Å². The maximum absolute atomic E-state index is 12.1. The average molecular weight is 332 g/mol. The van der Waals surface area contributed by atoms with Crippen LogP contribution in [0.4, 0.5) is 0 Å². The van der Waals surface area contributed by atoms with E-state index >= 15 is 0 Å². The molecule has 1 heterocycles. The first-order valence-corrected chi connectivity index (χ1v) is 9.19. The molecule has 1 atom stereocenters. The van der Waals surface area contributed by atoms with Crippen LogP contribution >= 0.6 is 23.3 Å². The van der Waals surface area contributed by atoms with Crippen molar-refractivity contribution in [2.75, 3.05) is 18.9 Å². The molecule has 0 spiro atoms. The number of nitrogens with one attached hydrogen (secondary N) is 1. The van der Waals surface area contributed by atoms with Crippen molar-refractivity contribution < 1.29 is 9.53 Å². The van der Waals surface area contributed by atoms with Crippen molar-refractivity contribution >= 4 is 29.3 Å². The lowest BCUT2D eigenvalue weighted by atomic mass is 9.99. The second-order valence-corrected chi connectivity index (χ2v) is 7.00. The van der Waals surface area contributed by atoms with Crippen molar-refractivity contribution in [3.8, 4) is 0 Å². The number of carbonyl (C=O) groups excluding carboxylic acids is 1. The Morgan fingerprint density at radius 3 is 2.76 bits per heavy atom. The molecule has 0 saturated carbocycles. The molecular formula is C14H25N3O2S2. The van der Waals surface area contributed by atoms with Crippen LogP contribution in [0.5, 0.6) is 0 Å². The summed E-state index contributed by atoms with van der Waals surface area (Å²) in [6.45, 7) is 9.09. The molecule has 0 aliphatic heterocycles. The van der Waals surface area contributed by atoms with Gasteiger partial charge in [-0.2, -0.15) is 4.37 Å². The van der Waals surface area contributed by atoms with Gasteiger partial charge < -0.3 is 10.1 Å². The smallest absolute Gasteiger partial charge is 0.326 e. The Morgan fingerprint density at radius 1 is 1.43 bits per heavy atom. The molecule has 7 heteroatoms. The van der Waals surface area contributed by atoms with E-state index in [2.05, 4.69) is 21.6 Å². The highest BCUT2D eigenvalue weighted by Crippen LogP contribution is 2.24. The fourth-order valence-corrected chi connectivity index (χ4v) is 3.66. The minimum atomic E-state index is -0.628. The zero-order valence-corrected chi connectivity index (χ0v) is 14.9. The molecule has 5 nitrogen and oxygen atoms in total. The van der Waals surface area contributed by atoms with Gasteiger partial charge in [-0.15, -0.1) is 0 Å². The predicted molar refractivity (Wildman–Crippen MR) is 88.0 cm³/mol. The molecule has 0 bridgehead atoms. The monoisotopic (exact) mass is 331 g/mol. The zero-order valence-electron chi connectivity index (χ0n) is 13.3. The number of carbonyl (C=O) groups is 1. The van der Waals surface area contributed by atoms with Gasteiger partial charge in [0.2, 0.25) is 0 Å². The van der Waals surface area contributed by atoms with E-state index in [4.69, 9.17) is 4.74 Å². The van der Waals surface area contributed by atoms with Crippen molar-refractivity contribution in [3.63, 3.8) is 0 Å². The minimum absolute atomic E-state index is 0.175. The number of rotatable bonds is 10. The van der Waals surface area contributed by atoms with Gasteiger partial charge in [0.25, 0.3) is 0 Å². The Bertz CT molecular complexity index is 440. The van der Waals surface area contributed by atoms with Gasteiger partial charge in [-0.05, 0) is 44.8 Å².